The van der Waals surface area contributed by atoms with E-state index in [1.807, 2.05) is 6.92 Å². The zero-order valence-corrected chi connectivity index (χ0v) is 12.4. The summed E-state index contributed by atoms with van der Waals surface area (Å²) in [6, 6.07) is 5.31. The van der Waals surface area contributed by atoms with Gasteiger partial charge in [-0.2, -0.15) is 0 Å². The summed E-state index contributed by atoms with van der Waals surface area (Å²) < 4.78 is 16.2. The Kier molecular flexibility index (Phi) is 5.64. The molecule has 0 aliphatic carbocycles. The molecule has 6 heteroatoms. The smallest absolute Gasteiger partial charge is 0.240 e. The molecule has 1 rings (SSSR count). The third kappa shape index (κ3) is 3.54. The van der Waals surface area contributed by atoms with Crippen LogP contribution in [-0.2, 0) is 4.79 Å². The molecule has 0 aromatic heterocycles. The maximum atomic E-state index is 11.6. The van der Waals surface area contributed by atoms with Gasteiger partial charge in [-0.15, -0.1) is 0 Å². The minimum absolute atomic E-state index is 0.0763. The largest absolute Gasteiger partial charge is 0.493 e. The van der Waals surface area contributed by atoms with E-state index in [-0.39, 0.29) is 6.61 Å². The van der Waals surface area contributed by atoms with Gasteiger partial charge in [-0.25, -0.2) is 0 Å². The van der Waals surface area contributed by atoms with E-state index in [9.17, 15) is 4.79 Å². The second kappa shape index (κ2) is 7.00. The van der Waals surface area contributed by atoms with Crippen molar-refractivity contribution < 1.29 is 19.0 Å². The van der Waals surface area contributed by atoms with Crippen molar-refractivity contribution in [1.82, 2.24) is 5.32 Å². The van der Waals surface area contributed by atoms with Crippen molar-refractivity contribution in [2.24, 2.45) is 5.73 Å². The van der Waals surface area contributed by atoms with Crippen molar-refractivity contribution in [2.45, 2.75) is 19.4 Å². The van der Waals surface area contributed by atoms with E-state index < -0.39 is 11.4 Å². The van der Waals surface area contributed by atoms with Crippen LogP contribution in [0.5, 0.6) is 17.2 Å². The Morgan fingerprint density at radius 1 is 1.30 bits per heavy atom. The standard InChI is InChI=1S/C14H22N2O4/c1-5-16-14(2,13(15)17)9-20-12-10(18-3)7-6-8-11(12)19-4/h6-8,16H,5,9H2,1-4H3,(H2,15,17). The predicted octanol–water partition coefficient (Wildman–Crippen LogP) is 0.936. The van der Waals surface area contributed by atoms with Crippen LogP contribution in [0.4, 0.5) is 0 Å². The minimum Gasteiger partial charge on any atom is -0.493 e. The summed E-state index contributed by atoms with van der Waals surface area (Å²) in [6.45, 7) is 4.27. The molecule has 1 amide bonds. The number of likely N-dealkylation sites (N-methyl/N-ethyl adjacent to an activating group) is 1. The monoisotopic (exact) mass is 282 g/mol. The Morgan fingerprint density at radius 2 is 1.85 bits per heavy atom. The van der Waals surface area contributed by atoms with Crippen molar-refractivity contribution in [2.75, 3.05) is 27.4 Å². The molecule has 20 heavy (non-hydrogen) atoms. The van der Waals surface area contributed by atoms with Gasteiger partial charge >= 0.3 is 0 Å². The maximum absolute atomic E-state index is 11.6. The molecule has 0 fully saturated rings. The number of rotatable bonds is 8. The van der Waals surface area contributed by atoms with Crippen LogP contribution >= 0.6 is 0 Å². The summed E-state index contributed by atoms with van der Waals surface area (Å²) in [4.78, 5) is 11.6. The predicted molar refractivity (Wildman–Crippen MR) is 76.3 cm³/mol. The van der Waals surface area contributed by atoms with Gasteiger partial charge in [0.1, 0.15) is 12.1 Å². The average Bonchev–Trinajstić information content (AvgIpc) is 2.44. The lowest BCUT2D eigenvalue weighted by atomic mass is 10.0. The van der Waals surface area contributed by atoms with Crippen molar-refractivity contribution >= 4 is 5.91 Å². The minimum atomic E-state index is -0.958. The third-order valence-electron chi connectivity index (χ3n) is 3.00. The number of hydrogen-bond acceptors (Lipinski definition) is 5. The fraction of sp³-hybridized carbons (Fsp3) is 0.500. The SMILES string of the molecule is CCNC(C)(COc1c(OC)cccc1OC)C(N)=O. The molecule has 0 heterocycles. The topological polar surface area (TPSA) is 82.8 Å². The molecule has 1 atom stereocenters. The lowest BCUT2D eigenvalue weighted by Gasteiger charge is -2.27. The van der Waals surface area contributed by atoms with E-state index in [4.69, 9.17) is 19.9 Å². The molecule has 3 N–H and O–H groups in total. The third-order valence-corrected chi connectivity index (χ3v) is 3.00. The summed E-state index contributed by atoms with van der Waals surface area (Å²) in [7, 11) is 3.08. The van der Waals surface area contributed by atoms with E-state index in [2.05, 4.69) is 5.32 Å². The first kappa shape index (κ1) is 16.1. The van der Waals surface area contributed by atoms with Gasteiger partial charge in [0.15, 0.2) is 11.5 Å². The Hall–Kier alpha value is -1.95. The first-order valence-electron chi connectivity index (χ1n) is 6.37. The normalized spacial score (nSPS) is 13.4. The van der Waals surface area contributed by atoms with Crippen molar-refractivity contribution in [3.63, 3.8) is 0 Å². The number of nitrogens with one attached hydrogen (secondary N) is 1. The van der Waals surface area contributed by atoms with Crippen LogP contribution in [0.15, 0.2) is 18.2 Å². The molecule has 1 aromatic rings. The molecule has 0 aliphatic rings. The summed E-state index contributed by atoms with van der Waals surface area (Å²) in [6.07, 6.45) is 0. The van der Waals surface area contributed by atoms with Crippen LogP contribution in [0.2, 0.25) is 0 Å². The molecule has 0 saturated carbocycles. The summed E-state index contributed by atoms with van der Waals surface area (Å²) in [5.41, 5.74) is 4.46. The number of methoxy groups -OCH3 is 2. The van der Waals surface area contributed by atoms with Gasteiger partial charge < -0.3 is 25.3 Å². The molecule has 0 bridgehead atoms. The number of hydrogen-bond donors (Lipinski definition) is 2. The number of para-hydroxylation sites is 1. The molecule has 0 radical (unpaired) electrons. The highest BCUT2D eigenvalue weighted by molar-refractivity contribution is 5.84. The van der Waals surface area contributed by atoms with Crippen LogP contribution in [-0.4, -0.2) is 38.8 Å². The van der Waals surface area contributed by atoms with Gasteiger partial charge in [0, 0.05) is 0 Å². The Balaban J connectivity index is 2.95. The van der Waals surface area contributed by atoms with Gasteiger partial charge in [-0.05, 0) is 25.6 Å². The molecular weight excluding hydrogens is 260 g/mol. The molecule has 0 spiro atoms. The van der Waals surface area contributed by atoms with Crippen LogP contribution in [0, 0.1) is 0 Å². The van der Waals surface area contributed by atoms with Gasteiger partial charge in [-0.1, -0.05) is 13.0 Å². The van der Waals surface area contributed by atoms with Crippen molar-refractivity contribution in [3.8, 4) is 17.2 Å². The summed E-state index contributed by atoms with van der Waals surface area (Å²) in [5.74, 6) is 1.04. The number of carbonyl (C=O) groups excluding carboxylic acids is 1. The van der Waals surface area contributed by atoms with Crippen molar-refractivity contribution in [3.05, 3.63) is 18.2 Å². The second-order valence-corrected chi connectivity index (χ2v) is 4.51. The highest BCUT2D eigenvalue weighted by Gasteiger charge is 2.31. The number of nitrogens with two attached hydrogens (primary N) is 1. The Labute approximate surface area is 119 Å². The van der Waals surface area contributed by atoms with E-state index >= 15 is 0 Å². The van der Waals surface area contributed by atoms with Crippen LogP contribution in [0.1, 0.15) is 13.8 Å². The zero-order valence-electron chi connectivity index (χ0n) is 12.4. The first-order valence-corrected chi connectivity index (χ1v) is 6.37. The lowest BCUT2D eigenvalue weighted by Crippen LogP contribution is -2.57. The Morgan fingerprint density at radius 3 is 2.25 bits per heavy atom. The van der Waals surface area contributed by atoms with E-state index in [0.29, 0.717) is 23.8 Å². The molecule has 1 aromatic carbocycles. The lowest BCUT2D eigenvalue weighted by molar-refractivity contribution is -0.125. The van der Waals surface area contributed by atoms with Gasteiger partial charge in [-0.3, -0.25) is 4.79 Å². The number of benzene rings is 1. The van der Waals surface area contributed by atoms with E-state index in [0.717, 1.165) is 0 Å². The van der Waals surface area contributed by atoms with Crippen LogP contribution in [0.3, 0.4) is 0 Å². The van der Waals surface area contributed by atoms with Crippen LogP contribution < -0.4 is 25.3 Å². The van der Waals surface area contributed by atoms with Crippen molar-refractivity contribution in [1.29, 1.82) is 0 Å². The molecular formula is C14H22N2O4. The maximum Gasteiger partial charge on any atom is 0.240 e. The molecule has 1 unspecified atom stereocenters. The second-order valence-electron chi connectivity index (χ2n) is 4.51. The summed E-state index contributed by atoms with van der Waals surface area (Å²) in [5, 5.41) is 3.02. The quantitative estimate of drug-likeness (QED) is 0.741. The fourth-order valence-electron chi connectivity index (χ4n) is 1.78. The average molecular weight is 282 g/mol. The zero-order chi connectivity index (χ0) is 15.2. The summed E-state index contributed by atoms with van der Waals surface area (Å²) >= 11 is 0. The van der Waals surface area contributed by atoms with Gasteiger partial charge in [0.25, 0.3) is 0 Å². The fourth-order valence-corrected chi connectivity index (χ4v) is 1.78. The van der Waals surface area contributed by atoms with Gasteiger partial charge in [0.05, 0.1) is 14.2 Å². The number of ether oxygens (including phenoxy) is 3. The molecule has 0 aliphatic heterocycles. The Bertz CT molecular complexity index is 442. The van der Waals surface area contributed by atoms with E-state index in [1.165, 1.54) is 0 Å². The first-order chi connectivity index (χ1) is 9.48. The molecule has 112 valence electrons. The highest BCUT2D eigenvalue weighted by atomic mass is 16.5. The van der Waals surface area contributed by atoms with E-state index in [1.54, 1.807) is 39.3 Å². The highest BCUT2D eigenvalue weighted by Crippen LogP contribution is 2.37. The molecule has 0 saturated heterocycles. The number of primary amides is 1. The number of carbonyl (C=O) groups is 1. The van der Waals surface area contributed by atoms with Crippen LogP contribution in [0.25, 0.3) is 0 Å². The van der Waals surface area contributed by atoms with Gasteiger partial charge in [0.2, 0.25) is 11.7 Å². The number of amides is 1. The molecule has 6 nitrogen and oxygen atoms in total.